The predicted molar refractivity (Wildman–Crippen MR) is 122 cm³/mol. The number of hydrogen-bond acceptors (Lipinski definition) is 6. The molecule has 1 aromatic carbocycles. The maximum Gasteiger partial charge on any atom is 0.255 e. The van der Waals surface area contributed by atoms with Crippen molar-refractivity contribution < 1.29 is 19.1 Å². The molecule has 0 unspecified atom stereocenters. The number of carbonyl (C=O) groups is 2. The van der Waals surface area contributed by atoms with E-state index in [1.54, 1.807) is 34.1 Å². The van der Waals surface area contributed by atoms with Crippen LogP contribution in [-0.2, 0) is 16.1 Å². The fourth-order valence-corrected chi connectivity index (χ4v) is 3.88. The van der Waals surface area contributed by atoms with E-state index in [2.05, 4.69) is 10.3 Å². The Morgan fingerprint density at radius 2 is 1.84 bits per heavy atom. The van der Waals surface area contributed by atoms with Crippen molar-refractivity contribution in [3.63, 3.8) is 0 Å². The zero-order chi connectivity index (χ0) is 23.3. The Hall–Kier alpha value is -3.13. The van der Waals surface area contributed by atoms with Crippen molar-refractivity contribution in [3.8, 4) is 5.75 Å². The summed E-state index contributed by atoms with van der Waals surface area (Å²) in [4.78, 5) is 31.6. The largest absolute Gasteiger partial charge is 0.496 e. The number of methoxy groups -OCH3 is 2. The summed E-state index contributed by atoms with van der Waals surface area (Å²) in [5.74, 6) is 0.826. The van der Waals surface area contributed by atoms with Crippen molar-refractivity contribution >= 4 is 17.6 Å². The lowest BCUT2D eigenvalue weighted by molar-refractivity contribution is -0.152. The minimum Gasteiger partial charge on any atom is -0.496 e. The molecule has 1 aliphatic rings. The lowest BCUT2D eigenvalue weighted by atomic mass is 9.91. The zero-order valence-corrected chi connectivity index (χ0v) is 19.2. The summed E-state index contributed by atoms with van der Waals surface area (Å²) in [6, 6.07) is 11.1. The topological polar surface area (TPSA) is 107 Å². The fourth-order valence-electron chi connectivity index (χ4n) is 3.88. The Bertz CT molecular complexity index is 968. The van der Waals surface area contributed by atoms with Crippen LogP contribution in [0.25, 0.3) is 0 Å². The summed E-state index contributed by atoms with van der Waals surface area (Å²) in [5.41, 5.74) is 7.38. The molecule has 0 radical (unpaired) electrons. The summed E-state index contributed by atoms with van der Waals surface area (Å²) in [5, 5.41) is 2.87. The molecule has 2 aromatic rings. The molecule has 0 saturated carbocycles. The number of nitrogens with one attached hydrogen (secondary N) is 1. The average Bonchev–Trinajstić information content (AvgIpc) is 2.82. The second kappa shape index (κ2) is 9.99. The summed E-state index contributed by atoms with van der Waals surface area (Å²) in [6.07, 6.45) is 1.58. The highest BCUT2D eigenvalue weighted by Gasteiger charge is 2.34. The maximum atomic E-state index is 12.6. The van der Waals surface area contributed by atoms with Gasteiger partial charge in [0.2, 0.25) is 0 Å². The summed E-state index contributed by atoms with van der Waals surface area (Å²) in [7, 11) is 3.14. The highest BCUT2D eigenvalue weighted by molar-refractivity contribution is 5.98. The number of para-hydroxylation sites is 1. The third-order valence-electron chi connectivity index (χ3n) is 6.05. The molecular formula is C24H32N4O4. The van der Waals surface area contributed by atoms with E-state index in [1.807, 2.05) is 35.2 Å². The first-order chi connectivity index (χ1) is 15.3. The van der Waals surface area contributed by atoms with Crippen LogP contribution in [0.3, 0.4) is 0 Å². The van der Waals surface area contributed by atoms with Gasteiger partial charge in [0, 0.05) is 43.9 Å². The molecule has 172 valence electrons. The van der Waals surface area contributed by atoms with Gasteiger partial charge in [-0.25, -0.2) is 4.98 Å². The lowest BCUT2D eigenvalue weighted by Gasteiger charge is -2.36. The number of nitrogen functional groups attached to an aromatic ring is 1. The van der Waals surface area contributed by atoms with E-state index in [1.165, 1.54) is 0 Å². The molecule has 0 atom stereocenters. The standard InChI is InChI=1S/C24H32N4O4/c1-24(2,32-4)23(30)28-13-11-16(12-14-28)19-10-9-18(21(25)27-19)22(29)26-15-17-7-5-6-8-20(17)31-3/h5-10,16H,11-15H2,1-4H3,(H2,25,27)(H,26,29). The Kier molecular flexibility index (Phi) is 7.35. The van der Waals surface area contributed by atoms with Crippen molar-refractivity contribution in [3.05, 3.63) is 53.2 Å². The van der Waals surface area contributed by atoms with E-state index in [4.69, 9.17) is 15.2 Å². The highest BCUT2D eigenvalue weighted by Crippen LogP contribution is 2.29. The van der Waals surface area contributed by atoms with Crippen LogP contribution >= 0.6 is 0 Å². The maximum absolute atomic E-state index is 12.6. The summed E-state index contributed by atoms with van der Waals surface area (Å²) in [6.45, 7) is 5.16. The number of amides is 2. The van der Waals surface area contributed by atoms with Gasteiger partial charge in [-0.2, -0.15) is 0 Å². The first kappa shape index (κ1) is 23.5. The van der Waals surface area contributed by atoms with Crippen LogP contribution in [0.2, 0.25) is 0 Å². The molecule has 1 aromatic heterocycles. The van der Waals surface area contributed by atoms with Crippen molar-refractivity contribution in [2.75, 3.05) is 33.0 Å². The molecule has 2 amide bonds. The predicted octanol–water partition coefficient (Wildman–Crippen LogP) is 2.73. The van der Waals surface area contributed by atoms with Crippen LogP contribution in [0.4, 0.5) is 5.82 Å². The third-order valence-corrected chi connectivity index (χ3v) is 6.05. The monoisotopic (exact) mass is 440 g/mol. The number of piperidine rings is 1. The SMILES string of the molecule is COc1ccccc1CNC(=O)c1ccc(C2CCN(C(=O)C(C)(C)OC)CC2)nc1N. The Morgan fingerprint density at radius 1 is 1.16 bits per heavy atom. The normalized spacial score (nSPS) is 14.8. The number of benzene rings is 1. The number of ether oxygens (including phenoxy) is 2. The second-order valence-electron chi connectivity index (χ2n) is 8.44. The summed E-state index contributed by atoms with van der Waals surface area (Å²) < 4.78 is 10.6. The fraction of sp³-hybridized carbons (Fsp3) is 0.458. The Labute approximate surface area is 189 Å². The Balaban J connectivity index is 1.60. The van der Waals surface area contributed by atoms with E-state index in [-0.39, 0.29) is 23.6 Å². The lowest BCUT2D eigenvalue weighted by Crippen LogP contribution is -2.49. The van der Waals surface area contributed by atoms with Gasteiger partial charge in [0.25, 0.3) is 11.8 Å². The number of aromatic nitrogens is 1. The number of hydrogen-bond donors (Lipinski definition) is 2. The van der Waals surface area contributed by atoms with E-state index >= 15 is 0 Å². The van der Waals surface area contributed by atoms with E-state index in [0.29, 0.717) is 30.9 Å². The molecule has 1 saturated heterocycles. The van der Waals surface area contributed by atoms with Crippen LogP contribution in [0.15, 0.2) is 36.4 Å². The molecule has 3 N–H and O–H groups in total. The minimum absolute atomic E-state index is 0.00649. The number of anilines is 1. The highest BCUT2D eigenvalue weighted by atomic mass is 16.5. The average molecular weight is 441 g/mol. The number of likely N-dealkylation sites (tertiary alicyclic amines) is 1. The number of nitrogens with zero attached hydrogens (tertiary/aromatic N) is 2. The van der Waals surface area contributed by atoms with Crippen LogP contribution in [-0.4, -0.2) is 54.6 Å². The van der Waals surface area contributed by atoms with Gasteiger partial charge in [-0.05, 0) is 44.9 Å². The first-order valence-corrected chi connectivity index (χ1v) is 10.8. The third kappa shape index (κ3) is 5.19. The van der Waals surface area contributed by atoms with E-state index in [9.17, 15) is 9.59 Å². The smallest absolute Gasteiger partial charge is 0.255 e. The van der Waals surface area contributed by atoms with Gasteiger partial charge < -0.3 is 25.4 Å². The molecule has 0 aliphatic carbocycles. The number of rotatable bonds is 7. The zero-order valence-electron chi connectivity index (χ0n) is 19.2. The van der Waals surface area contributed by atoms with E-state index < -0.39 is 5.60 Å². The van der Waals surface area contributed by atoms with E-state index in [0.717, 1.165) is 24.1 Å². The number of nitrogens with two attached hydrogens (primary N) is 1. The van der Waals surface area contributed by atoms with Gasteiger partial charge in [0.05, 0.1) is 12.7 Å². The second-order valence-corrected chi connectivity index (χ2v) is 8.44. The number of carbonyl (C=O) groups excluding carboxylic acids is 2. The van der Waals surface area contributed by atoms with Gasteiger partial charge in [-0.3, -0.25) is 9.59 Å². The minimum atomic E-state index is -0.825. The van der Waals surface area contributed by atoms with Gasteiger partial charge in [0.15, 0.2) is 0 Å². The van der Waals surface area contributed by atoms with Crippen molar-refractivity contribution in [1.29, 1.82) is 0 Å². The van der Waals surface area contributed by atoms with Gasteiger partial charge in [0.1, 0.15) is 17.2 Å². The van der Waals surface area contributed by atoms with Crippen LogP contribution in [0.1, 0.15) is 54.2 Å². The van der Waals surface area contributed by atoms with Gasteiger partial charge in [-0.1, -0.05) is 18.2 Å². The van der Waals surface area contributed by atoms with Crippen LogP contribution in [0, 0.1) is 0 Å². The number of pyridine rings is 1. The van der Waals surface area contributed by atoms with Gasteiger partial charge in [-0.15, -0.1) is 0 Å². The Morgan fingerprint density at radius 3 is 2.47 bits per heavy atom. The van der Waals surface area contributed by atoms with Crippen LogP contribution < -0.4 is 15.8 Å². The molecule has 1 fully saturated rings. The molecule has 0 bridgehead atoms. The molecule has 32 heavy (non-hydrogen) atoms. The molecule has 3 rings (SSSR count). The molecule has 0 spiro atoms. The molecular weight excluding hydrogens is 408 g/mol. The molecule has 8 nitrogen and oxygen atoms in total. The molecule has 2 heterocycles. The van der Waals surface area contributed by atoms with Gasteiger partial charge >= 0.3 is 0 Å². The summed E-state index contributed by atoms with van der Waals surface area (Å²) >= 11 is 0. The quantitative estimate of drug-likeness (QED) is 0.686. The van der Waals surface area contributed by atoms with Crippen molar-refractivity contribution in [2.45, 2.75) is 44.8 Å². The molecule has 8 heteroatoms. The first-order valence-electron chi connectivity index (χ1n) is 10.8. The van der Waals surface area contributed by atoms with Crippen LogP contribution in [0.5, 0.6) is 5.75 Å². The van der Waals surface area contributed by atoms with Crippen molar-refractivity contribution in [1.82, 2.24) is 15.2 Å². The van der Waals surface area contributed by atoms with Crippen molar-refractivity contribution in [2.24, 2.45) is 0 Å². The molecule has 1 aliphatic heterocycles.